The molecule has 0 bridgehead atoms. The summed E-state index contributed by atoms with van der Waals surface area (Å²) in [5, 5.41) is 8.67. The van der Waals surface area contributed by atoms with Crippen molar-refractivity contribution in [1.29, 1.82) is 0 Å². The number of hydrogen-bond acceptors (Lipinski definition) is 2. The van der Waals surface area contributed by atoms with Gasteiger partial charge in [0.05, 0.1) is 0 Å². The van der Waals surface area contributed by atoms with Crippen LogP contribution in [0.25, 0.3) is 0 Å². The van der Waals surface area contributed by atoms with Gasteiger partial charge in [0.15, 0.2) is 0 Å². The van der Waals surface area contributed by atoms with Gasteiger partial charge in [0, 0.05) is 17.1 Å². The van der Waals surface area contributed by atoms with Gasteiger partial charge in [0.1, 0.15) is 5.82 Å². The molecule has 0 aliphatic carbocycles. The fraction of sp³-hybridized carbons (Fsp3) is 0.333. The highest BCUT2D eigenvalue weighted by Gasteiger charge is 2.09. The van der Waals surface area contributed by atoms with Crippen molar-refractivity contribution in [2.75, 3.05) is 6.61 Å². The average molecular weight is 285 g/mol. The fourth-order valence-corrected chi connectivity index (χ4v) is 1.74. The molecule has 0 aliphatic rings. The Morgan fingerprint density at radius 3 is 2.64 bits per heavy atom. The van der Waals surface area contributed by atoms with E-state index in [-0.39, 0.29) is 30.9 Å². The largest absolute Gasteiger partial charge is 0.396 e. The lowest BCUT2D eigenvalue weighted by Gasteiger charge is -2.11. The van der Waals surface area contributed by atoms with Crippen molar-refractivity contribution >= 4 is 28.3 Å². The van der Waals surface area contributed by atoms with E-state index in [1.807, 2.05) is 0 Å². The van der Waals surface area contributed by atoms with Crippen LogP contribution in [0.2, 0.25) is 0 Å². The zero-order valence-electron chi connectivity index (χ0n) is 7.41. The SMILES string of the molecule is Cl.N[C@@H](CCO)c1ccc(F)cc1Br. The maximum absolute atomic E-state index is 12.7. The van der Waals surface area contributed by atoms with Gasteiger partial charge in [-0.25, -0.2) is 4.39 Å². The van der Waals surface area contributed by atoms with Crippen molar-refractivity contribution in [2.24, 2.45) is 5.73 Å². The first kappa shape index (κ1) is 13.8. The number of rotatable bonds is 3. The Morgan fingerprint density at radius 2 is 2.14 bits per heavy atom. The number of benzene rings is 1. The number of hydrogen-bond donors (Lipinski definition) is 2. The topological polar surface area (TPSA) is 46.2 Å². The van der Waals surface area contributed by atoms with E-state index in [0.717, 1.165) is 5.56 Å². The zero-order chi connectivity index (χ0) is 9.84. The molecule has 1 atom stereocenters. The lowest BCUT2D eigenvalue weighted by atomic mass is 10.1. The van der Waals surface area contributed by atoms with Crippen molar-refractivity contribution < 1.29 is 9.50 Å². The van der Waals surface area contributed by atoms with Crippen LogP contribution in [0.5, 0.6) is 0 Å². The highest BCUT2D eigenvalue weighted by atomic mass is 79.9. The van der Waals surface area contributed by atoms with Crippen LogP contribution in [0, 0.1) is 5.82 Å². The van der Waals surface area contributed by atoms with Crippen molar-refractivity contribution in [2.45, 2.75) is 12.5 Å². The molecule has 0 amide bonds. The average Bonchev–Trinajstić information content (AvgIpc) is 2.04. The number of aliphatic hydroxyl groups is 1. The molecule has 0 aromatic heterocycles. The van der Waals surface area contributed by atoms with Gasteiger partial charge in [-0.05, 0) is 24.1 Å². The molecule has 0 unspecified atom stereocenters. The highest BCUT2D eigenvalue weighted by molar-refractivity contribution is 9.10. The standard InChI is InChI=1S/C9H11BrFNO.ClH/c10-8-5-6(11)1-2-7(8)9(12)3-4-13;/h1-2,5,9,13H,3-4,12H2;1H/t9-;/m0./s1. The first-order valence-corrected chi connectivity index (χ1v) is 4.76. The lowest BCUT2D eigenvalue weighted by Crippen LogP contribution is -2.12. The molecular formula is C9H12BrClFNO. The molecule has 0 heterocycles. The van der Waals surface area contributed by atoms with E-state index in [9.17, 15) is 4.39 Å². The third-order valence-corrected chi connectivity index (χ3v) is 2.49. The van der Waals surface area contributed by atoms with Crippen LogP contribution in [0.3, 0.4) is 0 Å². The zero-order valence-corrected chi connectivity index (χ0v) is 9.81. The first-order valence-electron chi connectivity index (χ1n) is 3.96. The summed E-state index contributed by atoms with van der Waals surface area (Å²) in [7, 11) is 0. The quantitative estimate of drug-likeness (QED) is 0.895. The monoisotopic (exact) mass is 283 g/mol. The Bertz CT molecular complexity index is 298. The van der Waals surface area contributed by atoms with E-state index in [1.165, 1.54) is 12.1 Å². The molecule has 1 aromatic rings. The van der Waals surface area contributed by atoms with Crippen LogP contribution in [0.15, 0.2) is 22.7 Å². The molecular weight excluding hydrogens is 272 g/mol. The molecule has 0 fully saturated rings. The van der Waals surface area contributed by atoms with Crippen molar-refractivity contribution in [3.63, 3.8) is 0 Å². The van der Waals surface area contributed by atoms with Crippen molar-refractivity contribution in [3.8, 4) is 0 Å². The van der Waals surface area contributed by atoms with Gasteiger partial charge in [0.2, 0.25) is 0 Å². The third kappa shape index (κ3) is 3.53. The van der Waals surface area contributed by atoms with E-state index in [4.69, 9.17) is 10.8 Å². The van der Waals surface area contributed by atoms with Crippen LogP contribution in [0.1, 0.15) is 18.0 Å². The smallest absolute Gasteiger partial charge is 0.124 e. The Labute approximate surface area is 96.8 Å². The fourth-order valence-electron chi connectivity index (χ4n) is 1.10. The minimum Gasteiger partial charge on any atom is -0.396 e. The Morgan fingerprint density at radius 1 is 1.50 bits per heavy atom. The Kier molecular flexibility index (Phi) is 6.27. The first-order chi connectivity index (χ1) is 6.15. The van der Waals surface area contributed by atoms with Crippen LogP contribution in [-0.4, -0.2) is 11.7 Å². The summed E-state index contributed by atoms with van der Waals surface area (Å²) in [4.78, 5) is 0. The number of aliphatic hydroxyl groups excluding tert-OH is 1. The summed E-state index contributed by atoms with van der Waals surface area (Å²) in [5.74, 6) is -0.299. The molecule has 2 nitrogen and oxygen atoms in total. The predicted molar refractivity (Wildman–Crippen MR) is 60.0 cm³/mol. The van der Waals surface area contributed by atoms with Gasteiger partial charge in [-0.1, -0.05) is 22.0 Å². The van der Waals surface area contributed by atoms with Crippen LogP contribution < -0.4 is 5.73 Å². The minimum atomic E-state index is -0.299. The van der Waals surface area contributed by atoms with Gasteiger partial charge in [-0.15, -0.1) is 12.4 Å². The Hall–Kier alpha value is -0.160. The summed E-state index contributed by atoms with van der Waals surface area (Å²) >= 11 is 3.22. The number of nitrogens with two attached hydrogens (primary N) is 1. The third-order valence-electron chi connectivity index (χ3n) is 1.80. The van der Waals surface area contributed by atoms with Gasteiger partial charge >= 0.3 is 0 Å². The molecule has 1 aromatic carbocycles. The Balaban J connectivity index is 0.00000169. The maximum atomic E-state index is 12.7. The van der Waals surface area contributed by atoms with Gasteiger partial charge in [-0.3, -0.25) is 0 Å². The van der Waals surface area contributed by atoms with Crippen LogP contribution in [0.4, 0.5) is 4.39 Å². The van der Waals surface area contributed by atoms with Gasteiger partial charge < -0.3 is 10.8 Å². The van der Waals surface area contributed by atoms with E-state index < -0.39 is 0 Å². The molecule has 14 heavy (non-hydrogen) atoms. The molecule has 3 N–H and O–H groups in total. The second-order valence-electron chi connectivity index (χ2n) is 2.78. The lowest BCUT2D eigenvalue weighted by molar-refractivity contribution is 0.276. The van der Waals surface area contributed by atoms with Crippen molar-refractivity contribution in [1.82, 2.24) is 0 Å². The van der Waals surface area contributed by atoms with E-state index >= 15 is 0 Å². The summed E-state index contributed by atoms with van der Waals surface area (Å²) in [6, 6.07) is 4.10. The number of halogens is 3. The second kappa shape index (κ2) is 6.35. The summed E-state index contributed by atoms with van der Waals surface area (Å²) in [5.41, 5.74) is 6.56. The second-order valence-corrected chi connectivity index (χ2v) is 3.64. The normalized spacial score (nSPS) is 12.0. The molecule has 0 saturated carbocycles. The summed E-state index contributed by atoms with van der Waals surface area (Å²) < 4.78 is 13.3. The maximum Gasteiger partial charge on any atom is 0.124 e. The predicted octanol–water partition coefficient (Wildman–Crippen LogP) is 2.39. The minimum absolute atomic E-state index is 0. The van der Waals surface area contributed by atoms with E-state index in [0.29, 0.717) is 10.9 Å². The molecule has 1 rings (SSSR count). The molecule has 0 saturated heterocycles. The highest BCUT2D eigenvalue weighted by Crippen LogP contribution is 2.24. The molecule has 80 valence electrons. The van der Waals surface area contributed by atoms with Gasteiger partial charge in [-0.2, -0.15) is 0 Å². The molecule has 0 aliphatic heterocycles. The van der Waals surface area contributed by atoms with E-state index in [2.05, 4.69) is 15.9 Å². The van der Waals surface area contributed by atoms with Crippen molar-refractivity contribution in [3.05, 3.63) is 34.1 Å². The van der Waals surface area contributed by atoms with Gasteiger partial charge in [0.25, 0.3) is 0 Å². The molecule has 0 radical (unpaired) electrons. The summed E-state index contributed by atoms with van der Waals surface area (Å²) in [6.45, 7) is 0.0327. The van der Waals surface area contributed by atoms with Crippen LogP contribution in [-0.2, 0) is 0 Å². The summed E-state index contributed by atoms with van der Waals surface area (Å²) in [6.07, 6.45) is 0.476. The van der Waals surface area contributed by atoms with E-state index in [1.54, 1.807) is 6.07 Å². The van der Waals surface area contributed by atoms with Crippen LogP contribution >= 0.6 is 28.3 Å². The molecule has 0 spiro atoms. The molecule has 5 heteroatoms.